The predicted octanol–water partition coefficient (Wildman–Crippen LogP) is 2.30. The van der Waals surface area contributed by atoms with Crippen molar-refractivity contribution in [2.75, 3.05) is 0 Å². The molecule has 0 spiro atoms. The molecule has 4 heteroatoms. The number of hydrogen-bond donors (Lipinski definition) is 0. The number of hydrogen-bond acceptors (Lipinski definition) is 2. The molecule has 0 amide bonds. The van der Waals surface area contributed by atoms with Gasteiger partial charge in [0, 0.05) is 11.6 Å². The smallest absolute Gasteiger partial charge is 0.0791 e. The molecular weight excluding hydrogens is 242 g/mol. The first-order valence-electron chi connectivity index (χ1n) is 1.32. The minimum atomic E-state index is 0. The van der Waals surface area contributed by atoms with Crippen molar-refractivity contribution >= 4 is 45.3 Å². The fourth-order valence-corrected chi connectivity index (χ4v) is 0.527. The minimum Gasteiger partial charge on any atom is -0.253 e. The molecule has 1 heterocycles. The SMILES string of the molecule is Br.Br.c1cscn1. The Morgan fingerprint density at radius 1 is 1.29 bits per heavy atom. The van der Waals surface area contributed by atoms with Crippen LogP contribution in [0.15, 0.2) is 17.1 Å². The summed E-state index contributed by atoms with van der Waals surface area (Å²) in [7, 11) is 0. The molecular formula is C3H5Br2NS. The van der Waals surface area contributed by atoms with E-state index in [2.05, 4.69) is 4.98 Å². The Labute approximate surface area is 67.3 Å². The van der Waals surface area contributed by atoms with Crippen molar-refractivity contribution in [2.45, 2.75) is 0 Å². The van der Waals surface area contributed by atoms with E-state index < -0.39 is 0 Å². The molecule has 0 aliphatic carbocycles. The molecule has 0 aliphatic rings. The van der Waals surface area contributed by atoms with Gasteiger partial charge in [0.05, 0.1) is 5.51 Å². The van der Waals surface area contributed by atoms with E-state index in [4.69, 9.17) is 0 Å². The monoisotopic (exact) mass is 245 g/mol. The molecule has 0 radical (unpaired) electrons. The molecule has 0 aromatic carbocycles. The molecule has 1 rings (SSSR count). The highest BCUT2D eigenvalue weighted by Gasteiger charge is 1.59. The molecule has 0 aliphatic heterocycles. The second-order valence-electron chi connectivity index (χ2n) is 0.676. The molecule has 0 saturated heterocycles. The largest absolute Gasteiger partial charge is 0.253 e. The minimum absolute atomic E-state index is 0. The summed E-state index contributed by atoms with van der Waals surface area (Å²) in [6.45, 7) is 0. The molecule has 0 saturated carbocycles. The summed E-state index contributed by atoms with van der Waals surface area (Å²) in [6, 6.07) is 0. The van der Waals surface area contributed by atoms with Gasteiger partial charge in [-0.15, -0.1) is 45.3 Å². The molecule has 0 fully saturated rings. The van der Waals surface area contributed by atoms with Crippen LogP contribution in [0.25, 0.3) is 0 Å². The molecule has 0 bridgehead atoms. The van der Waals surface area contributed by atoms with E-state index in [1.54, 1.807) is 23.0 Å². The van der Waals surface area contributed by atoms with Crippen LogP contribution >= 0.6 is 45.3 Å². The van der Waals surface area contributed by atoms with Gasteiger partial charge in [-0.2, -0.15) is 0 Å². The first-order chi connectivity index (χ1) is 2.50. The third kappa shape index (κ3) is 4.44. The highest BCUT2D eigenvalue weighted by molar-refractivity contribution is 8.93. The molecule has 1 aromatic rings. The Morgan fingerprint density at radius 2 is 2.00 bits per heavy atom. The molecule has 1 nitrogen and oxygen atoms in total. The second kappa shape index (κ2) is 6.59. The number of nitrogens with zero attached hydrogens (tertiary/aromatic N) is 1. The fourth-order valence-electron chi connectivity index (χ4n) is 0.176. The average Bonchev–Trinajstić information content (AvgIpc) is 1.76. The Bertz CT molecular complexity index is 69.4. The zero-order valence-electron chi connectivity index (χ0n) is 3.40. The lowest BCUT2D eigenvalue weighted by atomic mass is 11.0. The summed E-state index contributed by atoms with van der Waals surface area (Å²) in [4.78, 5) is 3.74. The van der Waals surface area contributed by atoms with Gasteiger partial charge in [-0.3, -0.25) is 4.98 Å². The Kier molecular flexibility index (Phi) is 9.93. The van der Waals surface area contributed by atoms with Gasteiger partial charge in [-0.25, -0.2) is 0 Å². The number of halogens is 2. The first kappa shape index (κ1) is 10.5. The van der Waals surface area contributed by atoms with E-state index in [0.717, 1.165) is 0 Å². The van der Waals surface area contributed by atoms with Crippen molar-refractivity contribution in [1.82, 2.24) is 4.98 Å². The van der Waals surface area contributed by atoms with E-state index in [1.807, 2.05) is 5.38 Å². The van der Waals surface area contributed by atoms with Gasteiger partial charge in [-0.05, 0) is 0 Å². The van der Waals surface area contributed by atoms with Gasteiger partial charge in [0.25, 0.3) is 0 Å². The second-order valence-corrected chi connectivity index (χ2v) is 1.43. The molecule has 42 valence electrons. The zero-order chi connectivity index (χ0) is 3.54. The van der Waals surface area contributed by atoms with Gasteiger partial charge in [0.15, 0.2) is 0 Å². The maximum atomic E-state index is 3.74. The highest BCUT2D eigenvalue weighted by atomic mass is 79.9. The third-order valence-electron chi connectivity index (χ3n) is 0.347. The highest BCUT2D eigenvalue weighted by Crippen LogP contribution is 1.85. The Balaban J connectivity index is 0. The summed E-state index contributed by atoms with van der Waals surface area (Å²) in [5.41, 5.74) is 1.79. The van der Waals surface area contributed by atoms with Crippen molar-refractivity contribution < 1.29 is 0 Å². The lowest BCUT2D eigenvalue weighted by molar-refractivity contribution is 1.43. The normalized spacial score (nSPS) is 5.71. The van der Waals surface area contributed by atoms with E-state index >= 15 is 0 Å². The summed E-state index contributed by atoms with van der Waals surface area (Å²) in [5.74, 6) is 0. The summed E-state index contributed by atoms with van der Waals surface area (Å²) >= 11 is 1.60. The Hall–Kier alpha value is 0.590. The average molecular weight is 247 g/mol. The summed E-state index contributed by atoms with van der Waals surface area (Å²) < 4.78 is 0. The van der Waals surface area contributed by atoms with Crippen molar-refractivity contribution in [3.63, 3.8) is 0 Å². The summed E-state index contributed by atoms with van der Waals surface area (Å²) in [6.07, 6.45) is 1.77. The van der Waals surface area contributed by atoms with E-state index in [0.29, 0.717) is 0 Å². The van der Waals surface area contributed by atoms with E-state index in [1.165, 1.54) is 0 Å². The maximum Gasteiger partial charge on any atom is 0.0791 e. The topological polar surface area (TPSA) is 12.9 Å². The van der Waals surface area contributed by atoms with E-state index in [-0.39, 0.29) is 34.0 Å². The van der Waals surface area contributed by atoms with Crippen molar-refractivity contribution in [3.8, 4) is 0 Å². The maximum absolute atomic E-state index is 3.74. The van der Waals surface area contributed by atoms with Crippen LogP contribution in [-0.2, 0) is 0 Å². The van der Waals surface area contributed by atoms with Crippen LogP contribution in [-0.4, -0.2) is 4.98 Å². The lowest BCUT2D eigenvalue weighted by Crippen LogP contribution is -1.38. The van der Waals surface area contributed by atoms with Gasteiger partial charge in [0.1, 0.15) is 0 Å². The molecule has 0 N–H and O–H groups in total. The van der Waals surface area contributed by atoms with Crippen LogP contribution in [0.2, 0.25) is 0 Å². The first-order valence-corrected chi connectivity index (χ1v) is 2.26. The number of rotatable bonds is 0. The predicted molar refractivity (Wildman–Crippen MR) is 42.8 cm³/mol. The molecule has 7 heavy (non-hydrogen) atoms. The lowest BCUT2D eigenvalue weighted by Gasteiger charge is -1.41. The van der Waals surface area contributed by atoms with Gasteiger partial charge < -0.3 is 0 Å². The standard InChI is InChI=1S/C3H3NS.2BrH/c1-2-5-3-4-1;;/h1-3H;2*1H. The van der Waals surface area contributed by atoms with Crippen LogP contribution in [0.5, 0.6) is 0 Å². The van der Waals surface area contributed by atoms with Crippen LogP contribution in [0, 0.1) is 0 Å². The van der Waals surface area contributed by atoms with Crippen LogP contribution in [0.4, 0.5) is 0 Å². The van der Waals surface area contributed by atoms with E-state index in [9.17, 15) is 0 Å². The number of thiazole rings is 1. The van der Waals surface area contributed by atoms with Gasteiger partial charge >= 0.3 is 0 Å². The quantitative estimate of drug-likeness (QED) is 0.685. The van der Waals surface area contributed by atoms with Crippen molar-refractivity contribution in [1.29, 1.82) is 0 Å². The molecule has 0 atom stereocenters. The zero-order valence-corrected chi connectivity index (χ0v) is 7.65. The van der Waals surface area contributed by atoms with Gasteiger partial charge in [-0.1, -0.05) is 0 Å². The van der Waals surface area contributed by atoms with Crippen LogP contribution < -0.4 is 0 Å². The van der Waals surface area contributed by atoms with Crippen LogP contribution in [0.3, 0.4) is 0 Å². The van der Waals surface area contributed by atoms with Crippen molar-refractivity contribution in [3.05, 3.63) is 17.1 Å². The number of aromatic nitrogens is 1. The fraction of sp³-hybridized carbons (Fsp3) is 0. The van der Waals surface area contributed by atoms with Gasteiger partial charge in [0.2, 0.25) is 0 Å². The molecule has 0 unspecified atom stereocenters. The Morgan fingerprint density at radius 3 is 2.14 bits per heavy atom. The third-order valence-corrected chi connectivity index (χ3v) is 0.869. The summed E-state index contributed by atoms with van der Waals surface area (Å²) in [5, 5.41) is 1.93. The van der Waals surface area contributed by atoms with Crippen LogP contribution in [0.1, 0.15) is 0 Å². The molecule has 1 aromatic heterocycles. The van der Waals surface area contributed by atoms with Crippen molar-refractivity contribution in [2.24, 2.45) is 0 Å².